The Balaban J connectivity index is 1.89. The highest BCUT2D eigenvalue weighted by Gasteiger charge is 2.39. The maximum Gasteiger partial charge on any atom is 0.113 e. The van der Waals surface area contributed by atoms with Gasteiger partial charge in [0.2, 0.25) is 0 Å². The van der Waals surface area contributed by atoms with Crippen molar-refractivity contribution in [3.05, 3.63) is 15.6 Å². The highest BCUT2D eigenvalue weighted by molar-refractivity contribution is 7.12. The Morgan fingerprint density at radius 1 is 1.21 bits per heavy atom. The zero-order valence-electron chi connectivity index (χ0n) is 12.3. The van der Waals surface area contributed by atoms with Gasteiger partial charge in [-0.25, -0.2) is 4.98 Å². The Kier molecular flexibility index (Phi) is 3.95. The van der Waals surface area contributed by atoms with Crippen LogP contribution in [0.3, 0.4) is 0 Å². The van der Waals surface area contributed by atoms with Crippen molar-refractivity contribution in [1.29, 1.82) is 0 Å². The van der Waals surface area contributed by atoms with Crippen molar-refractivity contribution in [3.63, 3.8) is 0 Å². The molecule has 106 valence electrons. The summed E-state index contributed by atoms with van der Waals surface area (Å²) in [5, 5.41) is 5.15. The Bertz CT molecular complexity index is 412. The fourth-order valence-electron chi connectivity index (χ4n) is 3.85. The molecule has 0 bridgehead atoms. The minimum absolute atomic E-state index is 0.115. The number of fused-ring (bicyclic) bond motifs is 1. The molecule has 3 heteroatoms. The normalized spacial score (nSPS) is 23.3. The summed E-state index contributed by atoms with van der Waals surface area (Å²) in [6, 6.07) is 0. The molecule has 19 heavy (non-hydrogen) atoms. The van der Waals surface area contributed by atoms with E-state index in [4.69, 9.17) is 4.98 Å². The third-order valence-corrected chi connectivity index (χ3v) is 6.40. The first-order chi connectivity index (χ1) is 9.24. The summed E-state index contributed by atoms with van der Waals surface area (Å²) < 4.78 is 0. The minimum Gasteiger partial charge on any atom is -0.306 e. The molecule has 0 radical (unpaired) electrons. The molecular weight excluding hydrogens is 252 g/mol. The van der Waals surface area contributed by atoms with E-state index in [9.17, 15) is 0 Å². The van der Waals surface area contributed by atoms with E-state index in [2.05, 4.69) is 19.2 Å². The molecule has 1 heterocycles. The van der Waals surface area contributed by atoms with Gasteiger partial charge in [0.25, 0.3) is 0 Å². The number of aryl methyl sites for hydroxylation is 2. The second kappa shape index (κ2) is 5.53. The number of hydrogen-bond acceptors (Lipinski definition) is 3. The van der Waals surface area contributed by atoms with E-state index in [0.717, 1.165) is 12.5 Å². The minimum atomic E-state index is 0.115. The summed E-state index contributed by atoms with van der Waals surface area (Å²) in [6.45, 7) is 5.67. The van der Waals surface area contributed by atoms with E-state index >= 15 is 0 Å². The van der Waals surface area contributed by atoms with Crippen LogP contribution in [0.5, 0.6) is 0 Å². The SMILES string of the molecule is CCNC(C)(c1nc2c(s1)CCC2)C1CCCCC1. The molecule has 1 aromatic heterocycles. The van der Waals surface area contributed by atoms with Crippen LogP contribution in [0, 0.1) is 5.92 Å². The van der Waals surface area contributed by atoms with Crippen molar-refractivity contribution in [2.24, 2.45) is 5.92 Å². The van der Waals surface area contributed by atoms with Crippen LogP contribution in [0.25, 0.3) is 0 Å². The quantitative estimate of drug-likeness (QED) is 0.899. The predicted molar refractivity (Wildman–Crippen MR) is 81.7 cm³/mol. The Morgan fingerprint density at radius 3 is 2.68 bits per heavy atom. The van der Waals surface area contributed by atoms with Gasteiger partial charge in [-0.3, -0.25) is 0 Å². The van der Waals surface area contributed by atoms with Crippen LogP contribution >= 0.6 is 11.3 Å². The smallest absolute Gasteiger partial charge is 0.113 e. The third-order valence-electron chi connectivity index (χ3n) is 5.01. The molecule has 0 aromatic carbocycles. The maximum atomic E-state index is 5.01. The molecule has 0 aliphatic heterocycles. The van der Waals surface area contributed by atoms with Crippen LogP contribution in [-0.4, -0.2) is 11.5 Å². The zero-order valence-corrected chi connectivity index (χ0v) is 13.1. The number of nitrogens with one attached hydrogen (secondary N) is 1. The van der Waals surface area contributed by atoms with Crippen LogP contribution in [0.4, 0.5) is 0 Å². The summed E-state index contributed by atoms with van der Waals surface area (Å²) in [6.07, 6.45) is 10.7. The van der Waals surface area contributed by atoms with Gasteiger partial charge in [0.05, 0.1) is 11.2 Å². The third kappa shape index (κ3) is 2.47. The Morgan fingerprint density at radius 2 is 2.00 bits per heavy atom. The molecule has 1 fully saturated rings. The molecule has 2 aliphatic carbocycles. The van der Waals surface area contributed by atoms with Crippen molar-refractivity contribution in [2.45, 2.75) is 70.8 Å². The van der Waals surface area contributed by atoms with Gasteiger partial charge in [-0.1, -0.05) is 26.2 Å². The summed E-state index contributed by atoms with van der Waals surface area (Å²) in [5.74, 6) is 0.771. The van der Waals surface area contributed by atoms with Crippen LogP contribution in [0.15, 0.2) is 0 Å². The number of aromatic nitrogens is 1. The van der Waals surface area contributed by atoms with E-state index in [0.29, 0.717) is 0 Å². The second-order valence-corrected chi connectivity index (χ2v) is 7.39. The van der Waals surface area contributed by atoms with E-state index in [-0.39, 0.29) is 5.54 Å². The van der Waals surface area contributed by atoms with Crippen molar-refractivity contribution >= 4 is 11.3 Å². The highest BCUT2D eigenvalue weighted by Crippen LogP contribution is 2.42. The van der Waals surface area contributed by atoms with E-state index in [1.165, 1.54) is 62.1 Å². The average Bonchev–Trinajstić information content (AvgIpc) is 3.01. The van der Waals surface area contributed by atoms with Gasteiger partial charge in [0.1, 0.15) is 5.01 Å². The van der Waals surface area contributed by atoms with E-state index < -0.39 is 0 Å². The molecule has 1 atom stereocenters. The molecular formula is C16H26N2S. The van der Waals surface area contributed by atoms with Gasteiger partial charge >= 0.3 is 0 Å². The topological polar surface area (TPSA) is 24.9 Å². The van der Waals surface area contributed by atoms with Gasteiger partial charge in [-0.2, -0.15) is 0 Å². The summed E-state index contributed by atoms with van der Waals surface area (Å²) in [7, 11) is 0. The molecule has 1 aromatic rings. The number of thiazole rings is 1. The van der Waals surface area contributed by atoms with Crippen molar-refractivity contribution in [3.8, 4) is 0 Å². The van der Waals surface area contributed by atoms with Crippen LogP contribution in [0.2, 0.25) is 0 Å². The molecule has 1 N–H and O–H groups in total. The zero-order chi connectivity index (χ0) is 13.3. The molecule has 0 spiro atoms. The first-order valence-corrected chi connectivity index (χ1v) is 8.79. The summed E-state index contributed by atoms with van der Waals surface area (Å²) >= 11 is 1.99. The highest BCUT2D eigenvalue weighted by atomic mass is 32.1. The van der Waals surface area contributed by atoms with Gasteiger partial charge in [-0.05, 0) is 51.5 Å². The van der Waals surface area contributed by atoms with Crippen molar-refractivity contribution < 1.29 is 0 Å². The van der Waals surface area contributed by atoms with Crippen molar-refractivity contribution in [1.82, 2.24) is 10.3 Å². The average molecular weight is 278 g/mol. The van der Waals surface area contributed by atoms with E-state index in [1.54, 1.807) is 4.88 Å². The molecule has 3 rings (SSSR count). The standard InChI is InChI=1S/C16H26N2S/c1-3-17-16(2,12-8-5-4-6-9-12)15-18-13-10-7-11-14(13)19-15/h12,17H,3-11H2,1-2H3. The second-order valence-electron chi connectivity index (χ2n) is 6.31. The maximum absolute atomic E-state index is 5.01. The lowest BCUT2D eigenvalue weighted by molar-refractivity contribution is 0.179. The number of nitrogens with zero attached hydrogens (tertiary/aromatic N) is 1. The lowest BCUT2D eigenvalue weighted by atomic mass is 9.76. The molecule has 2 aliphatic rings. The van der Waals surface area contributed by atoms with Gasteiger partial charge < -0.3 is 5.32 Å². The largest absolute Gasteiger partial charge is 0.306 e. The summed E-state index contributed by atoms with van der Waals surface area (Å²) in [5.41, 5.74) is 1.52. The molecule has 1 saturated carbocycles. The molecule has 0 amide bonds. The Hall–Kier alpha value is -0.410. The lowest BCUT2D eigenvalue weighted by Crippen LogP contribution is -2.46. The van der Waals surface area contributed by atoms with Gasteiger partial charge in [0.15, 0.2) is 0 Å². The van der Waals surface area contributed by atoms with Gasteiger partial charge in [0, 0.05) is 4.88 Å². The first kappa shape index (κ1) is 13.6. The van der Waals surface area contributed by atoms with Crippen molar-refractivity contribution in [2.75, 3.05) is 6.54 Å². The molecule has 1 unspecified atom stereocenters. The number of hydrogen-bond donors (Lipinski definition) is 1. The van der Waals surface area contributed by atoms with Crippen LogP contribution < -0.4 is 5.32 Å². The Labute approximate surface area is 121 Å². The first-order valence-electron chi connectivity index (χ1n) is 7.98. The monoisotopic (exact) mass is 278 g/mol. The molecule has 2 nitrogen and oxygen atoms in total. The summed E-state index contributed by atoms with van der Waals surface area (Å²) in [4.78, 5) is 6.58. The van der Waals surface area contributed by atoms with Gasteiger partial charge in [-0.15, -0.1) is 11.3 Å². The van der Waals surface area contributed by atoms with Crippen LogP contribution in [0.1, 0.15) is 68.0 Å². The lowest BCUT2D eigenvalue weighted by Gasteiger charge is -2.39. The number of rotatable bonds is 4. The predicted octanol–water partition coefficient (Wildman–Crippen LogP) is 4.04. The van der Waals surface area contributed by atoms with E-state index in [1.807, 2.05) is 11.3 Å². The van der Waals surface area contributed by atoms with Crippen LogP contribution in [-0.2, 0) is 18.4 Å². The fourth-order valence-corrected chi connectivity index (χ4v) is 5.21. The fraction of sp³-hybridized carbons (Fsp3) is 0.812. The molecule has 0 saturated heterocycles.